The van der Waals surface area contributed by atoms with Crippen molar-refractivity contribution in [3.63, 3.8) is 0 Å². The molecule has 0 aromatic heterocycles. The van der Waals surface area contributed by atoms with Gasteiger partial charge in [0.1, 0.15) is 5.75 Å². The maximum Gasteiger partial charge on any atom is 0.217 e. The largest absolute Gasteiger partial charge is 0.508 e. The molecule has 4 rings (SSSR count). The minimum Gasteiger partial charge on any atom is -0.508 e. The highest BCUT2D eigenvalue weighted by atomic mass is 16.3. The maximum atomic E-state index is 11.6. The lowest BCUT2D eigenvalue weighted by molar-refractivity contribution is -0.119. The van der Waals surface area contributed by atoms with Gasteiger partial charge in [0, 0.05) is 18.9 Å². The van der Waals surface area contributed by atoms with E-state index in [9.17, 15) is 9.90 Å². The second-order valence-electron chi connectivity index (χ2n) is 7.77. The standard InChI is InChI=1S/C22H26N2O2/c1-16(25)23-21-14-22(20-5-3-2-4-19(20)21)10-12-24(13-11-22)15-17-6-8-18(26)9-7-17/h2-9,21,26H,10-15H2,1H3,(H,23,25). The van der Waals surface area contributed by atoms with Gasteiger partial charge in [-0.25, -0.2) is 0 Å². The highest BCUT2D eigenvalue weighted by Crippen LogP contribution is 2.50. The van der Waals surface area contributed by atoms with Gasteiger partial charge in [0.25, 0.3) is 0 Å². The third-order valence-electron chi connectivity index (χ3n) is 6.04. The summed E-state index contributed by atoms with van der Waals surface area (Å²) in [4.78, 5) is 14.1. The molecule has 1 saturated heterocycles. The summed E-state index contributed by atoms with van der Waals surface area (Å²) < 4.78 is 0. The smallest absolute Gasteiger partial charge is 0.217 e. The summed E-state index contributed by atoms with van der Waals surface area (Å²) in [6, 6.07) is 16.3. The lowest BCUT2D eigenvalue weighted by Gasteiger charge is -2.40. The molecule has 4 heteroatoms. The van der Waals surface area contributed by atoms with E-state index in [4.69, 9.17) is 0 Å². The molecule has 4 nitrogen and oxygen atoms in total. The first kappa shape index (κ1) is 17.1. The van der Waals surface area contributed by atoms with Crippen molar-refractivity contribution in [2.45, 2.75) is 44.2 Å². The van der Waals surface area contributed by atoms with Crippen LogP contribution >= 0.6 is 0 Å². The summed E-state index contributed by atoms with van der Waals surface area (Å²) in [5, 5.41) is 12.6. The predicted molar refractivity (Wildman–Crippen MR) is 102 cm³/mol. The van der Waals surface area contributed by atoms with E-state index in [0.717, 1.165) is 38.9 Å². The number of aromatic hydroxyl groups is 1. The van der Waals surface area contributed by atoms with Crippen molar-refractivity contribution in [2.75, 3.05) is 13.1 Å². The van der Waals surface area contributed by atoms with Gasteiger partial charge in [-0.2, -0.15) is 0 Å². The molecule has 1 aliphatic heterocycles. The van der Waals surface area contributed by atoms with Crippen molar-refractivity contribution in [2.24, 2.45) is 0 Å². The normalized spacial score (nSPS) is 21.5. The Morgan fingerprint density at radius 3 is 2.54 bits per heavy atom. The van der Waals surface area contributed by atoms with Gasteiger partial charge in [-0.15, -0.1) is 0 Å². The summed E-state index contributed by atoms with van der Waals surface area (Å²) in [5.74, 6) is 0.365. The molecule has 1 fully saturated rings. The molecule has 26 heavy (non-hydrogen) atoms. The number of nitrogens with zero attached hydrogens (tertiary/aromatic N) is 1. The Labute approximate surface area is 154 Å². The molecule has 1 spiro atoms. The summed E-state index contributed by atoms with van der Waals surface area (Å²) in [6.45, 7) is 4.64. The number of amides is 1. The Kier molecular flexibility index (Phi) is 4.45. The summed E-state index contributed by atoms with van der Waals surface area (Å²) >= 11 is 0. The third-order valence-corrected chi connectivity index (χ3v) is 6.04. The molecule has 2 aromatic rings. The van der Waals surface area contributed by atoms with Gasteiger partial charge in [-0.05, 0) is 61.2 Å². The first-order valence-corrected chi connectivity index (χ1v) is 9.42. The maximum absolute atomic E-state index is 11.6. The summed E-state index contributed by atoms with van der Waals surface area (Å²) in [5.41, 5.74) is 4.16. The van der Waals surface area contributed by atoms with Crippen molar-refractivity contribution < 1.29 is 9.90 Å². The van der Waals surface area contributed by atoms with E-state index in [-0.39, 0.29) is 17.4 Å². The highest BCUT2D eigenvalue weighted by molar-refractivity contribution is 5.73. The molecule has 136 valence electrons. The Morgan fingerprint density at radius 2 is 1.85 bits per heavy atom. The van der Waals surface area contributed by atoms with Crippen LogP contribution < -0.4 is 5.32 Å². The summed E-state index contributed by atoms with van der Waals surface area (Å²) in [7, 11) is 0. The van der Waals surface area contributed by atoms with Crippen LogP contribution in [0.2, 0.25) is 0 Å². The Balaban J connectivity index is 1.48. The number of likely N-dealkylation sites (tertiary alicyclic amines) is 1. The molecule has 0 bridgehead atoms. The fraction of sp³-hybridized carbons (Fsp3) is 0.409. The molecule has 1 atom stereocenters. The van der Waals surface area contributed by atoms with Crippen LogP contribution in [0.1, 0.15) is 48.9 Å². The molecular weight excluding hydrogens is 324 g/mol. The zero-order valence-electron chi connectivity index (χ0n) is 15.2. The third kappa shape index (κ3) is 3.21. The first-order valence-electron chi connectivity index (χ1n) is 9.42. The number of hydrogen-bond acceptors (Lipinski definition) is 3. The van der Waals surface area contributed by atoms with Crippen LogP contribution in [0.4, 0.5) is 0 Å². The molecule has 2 aliphatic rings. The molecular formula is C22H26N2O2. The molecule has 2 N–H and O–H groups in total. The fourth-order valence-electron chi connectivity index (χ4n) is 4.74. The number of rotatable bonds is 3. The van der Waals surface area contributed by atoms with Crippen LogP contribution in [-0.2, 0) is 16.8 Å². The number of carbonyl (C=O) groups is 1. The van der Waals surface area contributed by atoms with E-state index in [1.165, 1.54) is 16.7 Å². The van der Waals surface area contributed by atoms with Crippen molar-refractivity contribution in [1.29, 1.82) is 0 Å². The Hall–Kier alpha value is -2.33. The van der Waals surface area contributed by atoms with E-state index < -0.39 is 0 Å². The van der Waals surface area contributed by atoms with Gasteiger partial charge < -0.3 is 10.4 Å². The monoisotopic (exact) mass is 350 g/mol. The number of piperidine rings is 1. The zero-order chi connectivity index (χ0) is 18.1. The van der Waals surface area contributed by atoms with Gasteiger partial charge in [0.15, 0.2) is 0 Å². The Morgan fingerprint density at radius 1 is 1.15 bits per heavy atom. The lowest BCUT2D eigenvalue weighted by atomic mass is 9.73. The molecule has 1 aliphatic carbocycles. The van der Waals surface area contributed by atoms with Gasteiger partial charge in [-0.1, -0.05) is 36.4 Å². The van der Waals surface area contributed by atoms with Crippen LogP contribution in [0.5, 0.6) is 5.75 Å². The molecule has 0 radical (unpaired) electrons. The van der Waals surface area contributed by atoms with Crippen molar-refractivity contribution in [1.82, 2.24) is 10.2 Å². The number of fused-ring (bicyclic) bond motifs is 2. The average molecular weight is 350 g/mol. The number of hydrogen-bond donors (Lipinski definition) is 2. The number of carbonyl (C=O) groups excluding carboxylic acids is 1. The van der Waals surface area contributed by atoms with E-state index in [0.29, 0.717) is 5.75 Å². The van der Waals surface area contributed by atoms with E-state index >= 15 is 0 Å². The lowest BCUT2D eigenvalue weighted by Crippen LogP contribution is -2.41. The minimum absolute atomic E-state index is 0.0478. The van der Waals surface area contributed by atoms with Crippen molar-refractivity contribution in [3.05, 3.63) is 65.2 Å². The molecule has 2 aromatic carbocycles. The topological polar surface area (TPSA) is 52.6 Å². The van der Waals surface area contributed by atoms with Gasteiger partial charge in [0.2, 0.25) is 5.91 Å². The predicted octanol–water partition coefficient (Wildman–Crippen LogP) is 3.51. The van der Waals surface area contributed by atoms with Crippen LogP contribution in [0, 0.1) is 0 Å². The minimum atomic E-state index is 0.0478. The van der Waals surface area contributed by atoms with Gasteiger partial charge >= 0.3 is 0 Å². The molecule has 1 unspecified atom stereocenters. The zero-order valence-corrected chi connectivity index (χ0v) is 15.2. The Bertz CT molecular complexity index is 792. The van der Waals surface area contributed by atoms with E-state index in [1.54, 1.807) is 19.1 Å². The number of benzene rings is 2. The van der Waals surface area contributed by atoms with Gasteiger partial charge in [0.05, 0.1) is 6.04 Å². The number of nitrogens with one attached hydrogen (secondary N) is 1. The quantitative estimate of drug-likeness (QED) is 0.891. The number of phenolic OH excluding ortho intramolecular Hbond substituents is 1. The van der Waals surface area contributed by atoms with Crippen LogP contribution in [0.25, 0.3) is 0 Å². The highest BCUT2D eigenvalue weighted by Gasteiger charge is 2.45. The van der Waals surface area contributed by atoms with Crippen LogP contribution in [-0.4, -0.2) is 29.0 Å². The van der Waals surface area contributed by atoms with E-state index in [1.807, 2.05) is 12.1 Å². The van der Waals surface area contributed by atoms with Crippen LogP contribution in [0.3, 0.4) is 0 Å². The first-order chi connectivity index (χ1) is 12.6. The molecule has 1 heterocycles. The fourth-order valence-corrected chi connectivity index (χ4v) is 4.74. The van der Waals surface area contributed by atoms with Crippen molar-refractivity contribution in [3.8, 4) is 5.75 Å². The second-order valence-corrected chi connectivity index (χ2v) is 7.77. The second kappa shape index (κ2) is 6.76. The van der Waals surface area contributed by atoms with Gasteiger partial charge in [-0.3, -0.25) is 9.69 Å². The summed E-state index contributed by atoms with van der Waals surface area (Å²) in [6.07, 6.45) is 3.26. The SMILES string of the molecule is CC(=O)NC1CC2(CCN(Cc3ccc(O)cc3)CC2)c2ccccc21. The van der Waals surface area contributed by atoms with E-state index in [2.05, 4.69) is 34.5 Å². The average Bonchev–Trinajstić information content (AvgIpc) is 2.92. The van der Waals surface area contributed by atoms with Crippen LogP contribution in [0.15, 0.2) is 48.5 Å². The molecule has 1 amide bonds. The molecule has 0 saturated carbocycles. The van der Waals surface area contributed by atoms with Crippen molar-refractivity contribution >= 4 is 5.91 Å². The number of phenols is 1.